The Morgan fingerprint density at radius 3 is 1.83 bits per heavy atom. The maximum absolute atomic E-state index is 2.43. The van der Waals surface area contributed by atoms with Crippen LogP contribution in [0.3, 0.4) is 0 Å². The van der Waals surface area contributed by atoms with E-state index in [0.29, 0.717) is 8.80 Å². The summed E-state index contributed by atoms with van der Waals surface area (Å²) in [5, 5.41) is 0. The third kappa shape index (κ3) is 0.0788. The Hall–Kier alpha value is -0.0431. The lowest BCUT2D eigenvalue weighted by Crippen LogP contribution is -1.75. The molecule has 2 atom stereocenters. The van der Waals surface area contributed by atoms with E-state index in [1.807, 2.05) is 0 Å². The molecule has 29 valence electrons. The van der Waals surface area contributed by atoms with Crippen molar-refractivity contribution in [2.75, 3.05) is 0 Å². The summed E-state index contributed by atoms with van der Waals surface area (Å²) in [6.07, 6.45) is 4.87. The fourth-order valence-electron chi connectivity index (χ4n) is 1.68. The molecule has 3 heterocycles. The van der Waals surface area contributed by atoms with Crippen LogP contribution in [0.4, 0.5) is 0 Å². The van der Waals surface area contributed by atoms with Gasteiger partial charge < -0.3 is 0 Å². The molecule has 0 N–H and O–H groups in total. The second-order valence-corrected chi connectivity index (χ2v) is 5.46. The van der Waals surface area contributed by atoms with Crippen molar-refractivity contribution >= 4 is 8.80 Å². The highest BCUT2D eigenvalue weighted by Crippen LogP contribution is 2.84. The first kappa shape index (κ1) is 2.31. The quantitative estimate of drug-likeness (QED) is 0.312. The van der Waals surface area contributed by atoms with Crippen molar-refractivity contribution in [1.29, 1.82) is 0 Å². The lowest BCUT2D eigenvalue weighted by atomic mass is 10.4. The first-order valence-electron chi connectivity index (χ1n) is 2.53. The first-order chi connectivity index (χ1) is 2.98. The lowest BCUT2D eigenvalue weighted by Gasteiger charge is -1.84. The molecule has 1 radical (unpaired) electrons. The summed E-state index contributed by atoms with van der Waals surface area (Å²) in [7, 11) is 0.382. The van der Waals surface area contributed by atoms with Crippen LogP contribution < -0.4 is 0 Å². The molecule has 0 saturated carbocycles. The molecule has 0 aromatic rings. The monoisotopic (exact) mass is 93.0 g/mol. The van der Waals surface area contributed by atoms with Gasteiger partial charge in [0.05, 0.1) is 8.80 Å². The summed E-state index contributed by atoms with van der Waals surface area (Å²) in [5.74, 6) is 0. The number of rotatable bonds is 0. The largest absolute Gasteiger partial charge is 0.0883 e. The molecule has 1 aliphatic carbocycles. The van der Waals surface area contributed by atoms with Gasteiger partial charge in [-0.1, -0.05) is 12.2 Å². The molecule has 4 aliphatic rings. The van der Waals surface area contributed by atoms with Gasteiger partial charge >= 0.3 is 0 Å². The van der Waals surface area contributed by atoms with Crippen LogP contribution >= 0.6 is 0 Å². The molecule has 4 rings (SSSR count). The molecule has 1 heteroatoms. The predicted molar refractivity (Wildman–Crippen MR) is 26.1 cm³/mol. The van der Waals surface area contributed by atoms with Gasteiger partial charge in [-0.15, -0.1) is 0 Å². The highest BCUT2D eigenvalue weighted by Gasteiger charge is 2.75. The Kier molecular flexibility index (Phi) is 0.154. The van der Waals surface area contributed by atoms with Gasteiger partial charge in [0.2, 0.25) is 0 Å². The maximum Gasteiger partial charge on any atom is 0.0664 e. The van der Waals surface area contributed by atoms with Crippen molar-refractivity contribution in [2.45, 2.75) is 16.6 Å². The van der Waals surface area contributed by atoms with E-state index < -0.39 is 0 Å². The van der Waals surface area contributed by atoms with E-state index >= 15 is 0 Å². The molecule has 2 saturated heterocycles. The zero-order valence-electron chi connectivity index (χ0n) is 3.39. The maximum atomic E-state index is 2.43. The Morgan fingerprint density at radius 1 is 1.17 bits per heavy atom. The van der Waals surface area contributed by atoms with Gasteiger partial charge in [-0.2, -0.15) is 0 Å². The minimum absolute atomic E-state index is 0.382. The molecule has 0 nitrogen and oxygen atoms in total. The van der Waals surface area contributed by atoms with Gasteiger partial charge in [-0.25, -0.2) is 0 Å². The SMILES string of the molecule is C1=CC2C3C1[Si]23. The van der Waals surface area contributed by atoms with E-state index in [0.717, 1.165) is 0 Å². The van der Waals surface area contributed by atoms with E-state index in [9.17, 15) is 0 Å². The zero-order chi connectivity index (χ0) is 3.72. The van der Waals surface area contributed by atoms with E-state index in [1.165, 1.54) is 16.6 Å². The number of hydrogen-bond donors (Lipinski definition) is 0. The minimum atomic E-state index is 0.382. The Bertz CT molecular complexity index is 115. The third-order valence-electron chi connectivity index (χ3n) is 2.24. The fraction of sp³-hybridized carbons (Fsp3) is 0.600. The molecular formula is C5H5Si. The molecule has 6 heavy (non-hydrogen) atoms. The van der Waals surface area contributed by atoms with Gasteiger partial charge in [0.1, 0.15) is 0 Å². The second kappa shape index (κ2) is 0.398. The molecule has 0 aromatic carbocycles. The average Bonchev–Trinajstić information content (AvgIpc) is 2.30. The van der Waals surface area contributed by atoms with Crippen molar-refractivity contribution in [1.82, 2.24) is 0 Å². The van der Waals surface area contributed by atoms with Gasteiger partial charge in [-0.05, 0) is 16.6 Å². The van der Waals surface area contributed by atoms with Gasteiger partial charge in [0, 0.05) is 0 Å². The van der Waals surface area contributed by atoms with E-state index in [-0.39, 0.29) is 0 Å². The van der Waals surface area contributed by atoms with Crippen molar-refractivity contribution in [3.63, 3.8) is 0 Å². The van der Waals surface area contributed by atoms with Gasteiger partial charge in [-0.3, -0.25) is 0 Å². The third-order valence-corrected chi connectivity index (χ3v) is 5.60. The Labute approximate surface area is 38.5 Å². The van der Waals surface area contributed by atoms with Crippen LogP contribution in [-0.4, -0.2) is 8.80 Å². The molecule has 2 bridgehead atoms. The predicted octanol–water partition coefficient (Wildman–Crippen LogP) is 1.19. The standard InChI is InChI=1S/C5H5Si/c1-2-4-5-3(1)6(4)5/h1-5H. The van der Waals surface area contributed by atoms with Crippen LogP contribution in [0, 0.1) is 0 Å². The summed E-state index contributed by atoms with van der Waals surface area (Å²) >= 11 is 0. The molecule has 2 unspecified atom stereocenters. The average molecular weight is 93.2 g/mol. The first-order valence-corrected chi connectivity index (χ1v) is 4.26. The van der Waals surface area contributed by atoms with Crippen LogP contribution in [0.15, 0.2) is 12.2 Å². The molecule has 0 aromatic heterocycles. The number of hydrogen-bond acceptors (Lipinski definition) is 0. The van der Waals surface area contributed by atoms with Crippen LogP contribution in [0.1, 0.15) is 0 Å². The van der Waals surface area contributed by atoms with Crippen LogP contribution in [-0.2, 0) is 0 Å². The Morgan fingerprint density at radius 2 is 1.67 bits per heavy atom. The molecule has 0 spiro atoms. The van der Waals surface area contributed by atoms with Crippen molar-refractivity contribution < 1.29 is 0 Å². The normalized spacial score (nSPS) is 68.3. The highest BCUT2D eigenvalue weighted by molar-refractivity contribution is 6.90. The highest BCUT2D eigenvalue weighted by atomic mass is 28.3. The van der Waals surface area contributed by atoms with E-state index in [2.05, 4.69) is 12.2 Å². The van der Waals surface area contributed by atoms with Crippen LogP contribution in [0.2, 0.25) is 16.6 Å². The second-order valence-electron chi connectivity index (χ2n) is 2.46. The fourth-order valence-corrected chi connectivity index (χ4v) is 4.98. The molecule has 3 aliphatic heterocycles. The topological polar surface area (TPSA) is 0 Å². The smallest absolute Gasteiger partial charge is 0.0664 e. The van der Waals surface area contributed by atoms with Crippen molar-refractivity contribution in [3.05, 3.63) is 12.2 Å². The summed E-state index contributed by atoms with van der Waals surface area (Å²) in [6, 6.07) is 0. The molecular weight excluding hydrogens is 88.1 g/mol. The summed E-state index contributed by atoms with van der Waals surface area (Å²) in [5.41, 5.74) is 3.68. The van der Waals surface area contributed by atoms with Crippen LogP contribution in [0.5, 0.6) is 0 Å². The van der Waals surface area contributed by atoms with Gasteiger partial charge in [0.25, 0.3) is 0 Å². The van der Waals surface area contributed by atoms with Crippen molar-refractivity contribution in [3.8, 4) is 0 Å². The van der Waals surface area contributed by atoms with E-state index in [4.69, 9.17) is 0 Å². The summed E-state index contributed by atoms with van der Waals surface area (Å²) < 4.78 is 0. The molecule has 2 fully saturated rings. The minimum Gasteiger partial charge on any atom is -0.0883 e. The molecule has 0 amide bonds. The summed E-state index contributed by atoms with van der Waals surface area (Å²) in [6.45, 7) is 0. The lowest BCUT2D eigenvalue weighted by molar-refractivity contribution is 1.07. The van der Waals surface area contributed by atoms with Crippen molar-refractivity contribution in [2.24, 2.45) is 0 Å². The zero-order valence-corrected chi connectivity index (χ0v) is 4.39. The van der Waals surface area contributed by atoms with E-state index in [1.54, 1.807) is 0 Å². The van der Waals surface area contributed by atoms with Gasteiger partial charge in [0.15, 0.2) is 0 Å². The number of allylic oxidation sites excluding steroid dienone is 2. The summed E-state index contributed by atoms with van der Waals surface area (Å²) in [4.78, 5) is 0. The van der Waals surface area contributed by atoms with Crippen LogP contribution in [0.25, 0.3) is 0 Å². The Balaban J connectivity index is 2.35.